The number of H-pyrrole nitrogens is 1. The number of amides is 1. The van der Waals surface area contributed by atoms with E-state index in [1.807, 2.05) is 54.3 Å². The molecule has 4 rings (SSSR count). The summed E-state index contributed by atoms with van der Waals surface area (Å²) in [7, 11) is 0. The van der Waals surface area contributed by atoms with Gasteiger partial charge in [0.25, 0.3) is 0 Å². The number of hydrogen-bond donors (Lipinski definition) is 1. The van der Waals surface area contributed by atoms with Crippen molar-refractivity contribution in [1.82, 2.24) is 9.88 Å². The number of fused-ring (bicyclic) bond motifs is 3. The lowest BCUT2D eigenvalue weighted by atomic mass is 10.0. The molecule has 1 aliphatic heterocycles. The van der Waals surface area contributed by atoms with E-state index in [2.05, 4.69) is 17.1 Å². The fourth-order valence-corrected chi connectivity index (χ4v) is 3.53. The smallest absolute Gasteiger partial charge is 0.246 e. The molecule has 0 radical (unpaired) electrons. The predicted octanol–water partition coefficient (Wildman–Crippen LogP) is 4.16. The highest BCUT2D eigenvalue weighted by atomic mass is 16.5. The molecule has 132 valence electrons. The second-order valence-corrected chi connectivity index (χ2v) is 6.44. The van der Waals surface area contributed by atoms with Crippen molar-refractivity contribution in [3.63, 3.8) is 0 Å². The summed E-state index contributed by atoms with van der Waals surface area (Å²) in [5.41, 5.74) is 4.56. The molecule has 2 heterocycles. The number of aromatic amines is 1. The Morgan fingerprint density at radius 1 is 1.19 bits per heavy atom. The minimum Gasteiger partial charge on any atom is -0.493 e. The second-order valence-electron chi connectivity index (χ2n) is 6.44. The molecule has 0 bridgehead atoms. The Bertz CT molecular complexity index is 971. The maximum absolute atomic E-state index is 12.7. The van der Waals surface area contributed by atoms with Crippen molar-refractivity contribution in [2.24, 2.45) is 0 Å². The first kappa shape index (κ1) is 16.5. The van der Waals surface area contributed by atoms with Gasteiger partial charge in [-0.25, -0.2) is 0 Å². The summed E-state index contributed by atoms with van der Waals surface area (Å²) in [5.74, 6) is 0.837. The molecular weight excluding hydrogens is 324 g/mol. The monoisotopic (exact) mass is 346 g/mol. The first-order valence-corrected chi connectivity index (χ1v) is 9.03. The van der Waals surface area contributed by atoms with Crippen molar-refractivity contribution in [1.29, 1.82) is 0 Å². The third-order valence-corrected chi connectivity index (χ3v) is 4.82. The van der Waals surface area contributed by atoms with Gasteiger partial charge < -0.3 is 14.6 Å². The van der Waals surface area contributed by atoms with Gasteiger partial charge in [0.15, 0.2) is 0 Å². The van der Waals surface area contributed by atoms with Crippen molar-refractivity contribution in [3.8, 4) is 5.75 Å². The van der Waals surface area contributed by atoms with Gasteiger partial charge in [-0.1, -0.05) is 36.4 Å². The summed E-state index contributed by atoms with van der Waals surface area (Å²) in [6, 6.07) is 16.1. The fourth-order valence-electron chi connectivity index (χ4n) is 3.53. The molecule has 0 spiro atoms. The average Bonchev–Trinajstić information content (AvgIpc) is 3.05. The van der Waals surface area contributed by atoms with Crippen LogP contribution in [0.2, 0.25) is 0 Å². The zero-order valence-electron chi connectivity index (χ0n) is 14.9. The summed E-state index contributed by atoms with van der Waals surface area (Å²) >= 11 is 0. The second kappa shape index (κ2) is 7.08. The molecule has 3 aromatic rings. The van der Waals surface area contributed by atoms with E-state index >= 15 is 0 Å². The van der Waals surface area contributed by atoms with E-state index in [1.165, 1.54) is 16.6 Å². The van der Waals surface area contributed by atoms with Crippen LogP contribution in [0, 0.1) is 0 Å². The Kier molecular flexibility index (Phi) is 4.48. The molecule has 4 heteroatoms. The fraction of sp³-hybridized carbons (Fsp3) is 0.227. The van der Waals surface area contributed by atoms with Crippen molar-refractivity contribution >= 4 is 22.9 Å². The number of ether oxygens (including phenoxy) is 1. The van der Waals surface area contributed by atoms with Gasteiger partial charge in [0.2, 0.25) is 5.91 Å². The molecule has 0 fully saturated rings. The Morgan fingerprint density at radius 3 is 2.88 bits per heavy atom. The first-order chi connectivity index (χ1) is 12.8. The van der Waals surface area contributed by atoms with Crippen LogP contribution in [0.15, 0.2) is 54.6 Å². The minimum atomic E-state index is 0.0345. The van der Waals surface area contributed by atoms with Crippen molar-refractivity contribution in [3.05, 3.63) is 71.4 Å². The van der Waals surface area contributed by atoms with Crippen LogP contribution in [0.3, 0.4) is 0 Å². The average molecular weight is 346 g/mol. The Hall–Kier alpha value is -3.01. The highest BCUT2D eigenvalue weighted by molar-refractivity contribution is 5.93. The van der Waals surface area contributed by atoms with Crippen LogP contribution in [-0.4, -0.2) is 28.9 Å². The van der Waals surface area contributed by atoms with E-state index in [9.17, 15) is 4.79 Å². The van der Waals surface area contributed by atoms with Crippen molar-refractivity contribution in [2.75, 3.05) is 13.2 Å². The lowest BCUT2D eigenvalue weighted by Gasteiger charge is -2.26. The summed E-state index contributed by atoms with van der Waals surface area (Å²) in [6.45, 7) is 3.94. The highest BCUT2D eigenvalue weighted by Crippen LogP contribution is 2.28. The van der Waals surface area contributed by atoms with Crippen molar-refractivity contribution in [2.45, 2.75) is 19.9 Å². The zero-order valence-corrected chi connectivity index (χ0v) is 14.9. The van der Waals surface area contributed by atoms with Gasteiger partial charge in [-0.2, -0.15) is 0 Å². The van der Waals surface area contributed by atoms with Gasteiger partial charge >= 0.3 is 0 Å². The number of nitrogens with one attached hydrogen (secondary N) is 1. The Labute approximate surface area is 153 Å². The molecule has 2 aromatic carbocycles. The van der Waals surface area contributed by atoms with Crippen molar-refractivity contribution < 1.29 is 9.53 Å². The highest BCUT2D eigenvalue weighted by Gasteiger charge is 2.22. The third kappa shape index (κ3) is 3.10. The van der Waals surface area contributed by atoms with E-state index < -0.39 is 0 Å². The molecule has 1 N–H and O–H groups in total. The molecule has 26 heavy (non-hydrogen) atoms. The number of rotatable bonds is 4. The summed E-state index contributed by atoms with van der Waals surface area (Å²) in [6.07, 6.45) is 4.36. The molecule has 0 saturated heterocycles. The standard InChI is InChI=1S/C22H22N2O2/c1-2-26-21-10-6-3-7-16(21)11-12-22(25)24-14-13-20-18(15-24)17-8-4-5-9-19(17)23-20/h3-12,23H,2,13-15H2,1H3/b12-11+. The third-order valence-electron chi connectivity index (χ3n) is 4.82. The predicted molar refractivity (Wildman–Crippen MR) is 104 cm³/mol. The number of carbonyl (C=O) groups excluding carboxylic acids is 1. The van der Waals surface area contributed by atoms with E-state index in [4.69, 9.17) is 4.74 Å². The molecule has 0 saturated carbocycles. The van der Waals surface area contributed by atoms with Gasteiger partial charge in [-0.05, 0) is 25.1 Å². The molecule has 1 aliphatic rings. The molecule has 0 atom stereocenters. The lowest BCUT2D eigenvalue weighted by molar-refractivity contribution is -0.126. The van der Waals surface area contributed by atoms with Crippen LogP contribution >= 0.6 is 0 Å². The summed E-state index contributed by atoms with van der Waals surface area (Å²) < 4.78 is 5.62. The maximum Gasteiger partial charge on any atom is 0.246 e. The lowest BCUT2D eigenvalue weighted by Crippen LogP contribution is -2.34. The molecule has 1 aromatic heterocycles. The van der Waals surface area contributed by atoms with Crippen LogP contribution in [0.4, 0.5) is 0 Å². The van der Waals surface area contributed by atoms with Crippen LogP contribution in [0.5, 0.6) is 5.75 Å². The summed E-state index contributed by atoms with van der Waals surface area (Å²) in [4.78, 5) is 18.1. The summed E-state index contributed by atoms with van der Waals surface area (Å²) in [5, 5.41) is 1.21. The van der Waals surface area contributed by atoms with Crippen LogP contribution in [-0.2, 0) is 17.8 Å². The molecule has 0 aliphatic carbocycles. The van der Waals surface area contributed by atoms with Gasteiger partial charge in [-0.15, -0.1) is 0 Å². The number of hydrogen-bond acceptors (Lipinski definition) is 2. The van der Waals surface area contributed by atoms with Crippen LogP contribution in [0.1, 0.15) is 23.7 Å². The molecule has 0 unspecified atom stereocenters. The minimum absolute atomic E-state index is 0.0345. The van der Waals surface area contributed by atoms with Gasteiger partial charge in [-0.3, -0.25) is 4.79 Å². The normalized spacial score (nSPS) is 14.0. The Morgan fingerprint density at radius 2 is 2.00 bits per heavy atom. The first-order valence-electron chi connectivity index (χ1n) is 9.03. The Balaban J connectivity index is 1.53. The van der Waals surface area contributed by atoms with Crippen LogP contribution in [0.25, 0.3) is 17.0 Å². The zero-order chi connectivity index (χ0) is 17.9. The number of carbonyl (C=O) groups is 1. The number of benzene rings is 2. The quantitative estimate of drug-likeness (QED) is 0.721. The maximum atomic E-state index is 12.7. The topological polar surface area (TPSA) is 45.3 Å². The molecule has 1 amide bonds. The number of para-hydroxylation sites is 2. The van der Waals surface area contributed by atoms with E-state index in [0.29, 0.717) is 13.2 Å². The van der Waals surface area contributed by atoms with Gasteiger partial charge in [0.1, 0.15) is 5.75 Å². The number of aromatic nitrogens is 1. The van der Waals surface area contributed by atoms with Gasteiger partial charge in [0.05, 0.1) is 6.61 Å². The van der Waals surface area contributed by atoms with Gasteiger partial charge in [0, 0.05) is 53.3 Å². The number of nitrogens with zero attached hydrogens (tertiary/aromatic N) is 1. The van der Waals surface area contributed by atoms with Crippen LogP contribution < -0.4 is 4.74 Å². The molecular formula is C22H22N2O2. The largest absolute Gasteiger partial charge is 0.493 e. The van der Waals surface area contributed by atoms with E-state index in [1.54, 1.807) is 6.08 Å². The van der Waals surface area contributed by atoms with E-state index in [-0.39, 0.29) is 5.91 Å². The SMILES string of the molecule is CCOc1ccccc1/C=C/C(=O)N1CCc2[nH]c3ccccc3c2C1. The molecule has 4 nitrogen and oxygen atoms in total. The van der Waals surface area contributed by atoms with E-state index in [0.717, 1.165) is 29.8 Å².